The minimum atomic E-state index is -0.858. The van der Waals surface area contributed by atoms with Crippen molar-refractivity contribution in [2.75, 3.05) is 19.8 Å². The number of nitrogens with one attached hydrogen (secondary N) is 1. The number of halogens is 2. The third-order valence-electron chi connectivity index (χ3n) is 6.04. The highest BCUT2D eigenvalue weighted by Gasteiger charge is 2.40. The van der Waals surface area contributed by atoms with Gasteiger partial charge in [0.2, 0.25) is 5.91 Å². The Kier molecular flexibility index (Phi) is 4.58. The summed E-state index contributed by atoms with van der Waals surface area (Å²) in [4.78, 5) is 15.1. The lowest BCUT2D eigenvalue weighted by Crippen LogP contribution is -2.59. The highest BCUT2D eigenvalue weighted by molar-refractivity contribution is 6.45. The largest absolute Gasteiger partial charge is 0.381 e. The Balaban J connectivity index is 1.62. The number of amides is 1. The summed E-state index contributed by atoms with van der Waals surface area (Å²) in [6.45, 7) is 2.70. The lowest BCUT2D eigenvalue weighted by molar-refractivity contribution is -0.142. The molecule has 1 aromatic carbocycles. The minimum Gasteiger partial charge on any atom is -0.381 e. The van der Waals surface area contributed by atoms with Gasteiger partial charge in [-0.25, -0.2) is 0 Å². The Morgan fingerprint density at radius 1 is 1.24 bits per heavy atom. The fourth-order valence-corrected chi connectivity index (χ4v) is 4.89. The van der Waals surface area contributed by atoms with Gasteiger partial charge in [0.05, 0.1) is 33.8 Å². The van der Waals surface area contributed by atoms with E-state index in [9.17, 15) is 4.79 Å². The van der Waals surface area contributed by atoms with Crippen molar-refractivity contribution in [3.05, 3.63) is 40.3 Å². The first-order chi connectivity index (χ1) is 14.0. The first-order valence-corrected chi connectivity index (χ1v) is 10.4. The van der Waals surface area contributed by atoms with Crippen LogP contribution in [0.3, 0.4) is 0 Å². The van der Waals surface area contributed by atoms with Crippen molar-refractivity contribution < 1.29 is 9.53 Å². The zero-order chi connectivity index (χ0) is 20.2. The first kappa shape index (κ1) is 18.9. The molecular weight excluding hydrogens is 413 g/mol. The molecule has 5 rings (SSSR count). The van der Waals surface area contributed by atoms with Gasteiger partial charge in [-0.05, 0) is 18.9 Å². The topological polar surface area (TPSA) is 89.2 Å². The Hall–Kier alpha value is -2.06. The summed E-state index contributed by atoms with van der Waals surface area (Å²) >= 11 is 12.9. The molecule has 29 heavy (non-hydrogen) atoms. The molecule has 4 heterocycles. The van der Waals surface area contributed by atoms with E-state index in [0.29, 0.717) is 55.7 Å². The Bertz CT molecular complexity index is 1090. The Morgan fingerprint density at radius 3 is 2.76 bits per heavy atom. The van der Waals surface area contributed by atoms with Crippen molar-refractivity contribution in [2.24, 2.45) is 5.73 Å². The lowest BCUT2D eigenvalue weighted by Gasteiger charge is -2.39. The Labute approximate surface area is 177 Å². The van der Waals surface area contributed by atoms with E-state index >= 15 is 0 Å². The molecule has 0 radical (unpaired) electrons. The van der Waals surface area contributed by atoms with Gasteiger partial charge < -0.3 is 19.9 Å². The van der Waals surface area contributed by atoms with E-state index < -0.39 is 5.54 Å². The number of carbonyl (C=O) groups excluding carboxylic acids is 1. The number of aromatic nitrogens is 3. The monoisotopic (exact) mass is 433 g/mol. The second-order valence-electron chi connectivity index (χ2n) is 7.71. The molecule has 1 saturated heterocycles. The molecule has 152 valence electrons. The molecule has 0 atom stereocenters. The van der Waals surface area contributed by atoms with Crippen LogP contribution in [-0.2, 0) is 22.6 Å². The van der Waals surface area contributed by atoms with Crippen molar-refractivity contribution in [1.82, 2.24) is 19.7 Å². The second kappa shape index (κ2) is 7.02. The van der Waals surface area contributed by atoms with Crippen molar-refractivity contribution in [3.8, 4) is 11.1 Å². The van der Waals surface area contributed by atoms with E-state index in [0.717, 1.165) is 27.7 Å². The Morgan fingerprint density at radius 2 is 2.03 bits per heavy atom. The molecule has 0 saturated carbocycles. The third-order valence-corrected chi connectivity index (χ3v) is 6.84. The molecule has 7 nitrogen and oxygen atoms in total. The van der Waals surface area contributed by atoms with Crippen LogP contribution in [-0.4, -0.2) is 50.9 Å². The van der Waals surface area contributed by atoms with Crippen LogP contribution in [0, 0.1) is 0 Å². The van der Waals surface area contributed by atoms with Crippen LogP contribution < -0.4 is 5.73 Å². The normalized spacial score (nSPS) is 18.8. The number of rotatable bonds is 2. The van der Waals surface area contributed by atoms with Crippen molar-refractivity contribution in [3.63, 3.8) is 0 Å². The highest BCUT2D eigenvalue weighted by Crippen LogP contribution is 2.42. The summed E-state index contributed by atoms with van der Waals surface area (Å²) in [5.41, 5.74) is 9.49. The lowest BCUT2D eigenvalue weighted by atomic mass is 9.89. The van der Waals surface area contributed by atoms with Gasteiger partial charge >= 0.3 is 0 Å². The van der Waals surface area contributed by atoms with Crippen LogP contribution >= 0.6 is 23.2 Å². The number of H-pyrrole nitrogens is 1. The van der Waals surface area contributed by atoms with Gasteiger partial charge in [0, 0.05) is 54.7 Å². The average molecular weight is 434 g/mol. The summed E-state index contributed by atoms with van der Waals surface area (Å²) in [6, 6.07) is 3.79. The van der Waals surface area contributed by atoms with Gasteiger partial charge in [-0.3, -0.25) is 9.89 Å². The molecular formula is C20H21Cl2N5O2. The van der Waals surface area contributed by atoms with E-state index in [4.69, 9.17) is 33.7 Å². The number of hydrogen-bond acceptors (Lipinski definition) is 4. The number of hydrogen-bond donors (Lipinski definition) is 2. The zero-order valence-electron chi connectivity index (χ0n) is 15.8. The molecule has 2 aromatic heterocycles. The van der Waals surface area contributed by atoms with Crippen molar-refractivity contribution in [2.45, 2.75) is 31.5 Å². The minimum absolute atomic E-state index is 0.0143. The maximum Gasteiger partial charge on any atom is 0.243 e. The van der Waals surface area contributed by atoms with Crippen molar-refractivity contribution in [1.29, 1.82) is 0 Å². The number of nitrogens with zero attached hydrogens (tertiary/aromatic N) is 3. The zero-order valence-corrected chi connectivity index (χ0v) is 17.3. The van der Waals surface area contributed by atoms with Gasteiger partial charge in [-0.15, -0.1) is 0 Å². The van der Waals surface area contributed by atoms with Crippen LogP contribution in [0.5, 0.6) is 0 Å². The molecule has 3 N–H and O–H groups in total. The number of carbonyl (C=O) groups is 1. The SMILES string of the molecule is NC1(C(=O)N2CCn3c(c(-c4cn[nH]c4)c4ccc(Cl)c(Cl)c43)C2)CCOCC1. The number of ether oxygens (including phenoxy) is 1. The summed E-state index contributed by atoms with van der Waals surface area (Å²) < 4.78 is 7.57. The molecule has 3 aromatic rings. The maximum atomic E-state index is 13.3. The predicted octanol–water partition coefficient (Wildman–Crippen LogP) is 3.19. The molecule has 2 aliphatic rings. The summed E-state index contributed by atoms with van der Waals surface area (Å²) in [5, 5.41) is 9.02. The third kappa shape index (κ3) is 2.95. The van der Waals surface area contributed by atoms with Crippen LogP contribution in [0.25, 0.3) is 22.0 Å². The number of benzene rings is 1. The summed E-state index contributed by atoms with van der Waals surface area (Å²) in [5.74, 6) is -0.0143. The molecule has 9 heteroatoms. The fourth-order valence-electron chi connectivity index (χ4n) is 4.47. The summed E-state index contributed by atoms with van der Waals surface area (Å²) in [7, 11) is 0. The predicted molar refractivity (Wildman–Crippen MR) is 112 cm³/mol. The van der Waals surface area contributed by atoms with Crippen molar-refractivity contribution >= 4 is 40.0 Å². The number of fused-ring (bicyclic) bond motifs is 3. The number of aromatic amines is 1. The van der Waals surface area contributed by atoms with Gasteiger partial charge in [0.1, 0.15) is 0 Å². The van der Waals surface area contributed by atoms with Crippen LogP contribution in [0.15, 0.2) is 24.5 Å². The van der Waals surface area contributed by atoms with Gasteiger partial charge in [0.15, 0.2) is 0 Å². The van der Waals surface area contributed by atoms with Crippen LogP contribution in [0.4, 0.5) is 0 Å². The maximum absolute atomic E-state index is 13.3. The quantitative estimate of drug-likeness (QED) is 0.649. The molecule has 0 spiro atoms. The molecule has 0 aliphatic carbocycles. The molecule has 1 amide bonds. The van der Waals surface area contributed by atoms with Gasteiger partial charge in [-0.2, -0.15) is 5.10 Å². The number of nitrogens with two attached hydrogens (primary N) is 1. The van der Waals surface area contributed by atoms with E-state index in [-0.39, 0.29) is 5.91 Å². The first-order valence-electron chi connectivity index (χ1n) is 9.64. The second-order valence-corrected chi connectivity index (χ2v) is 8.50. The highest BCUT2D eigenvalue weighted by atomic mass is 35.5. The van der Waals surface area contributed by atoms with E-state index in [1.165, 1.54) is 0 Å². The summed E-state index contributed by atoms with van der Waals surface area (Å²) in [6.07, 6.45) is 4.71. The van der Waals surface area contributed by atoms with Crippen LogP contribution in [0.1, 0.15) is 18.5 Å². The average Bonchev–Trinajstić information content (AvgIpc) is 3.36. The van der Waals surface area contributed by atoms with Gasteiger partial charge in [-0.1, -0.05) is 29.3 Å². The van der Waals surface area contributed by atoms with E-state index in [1.54, 1.807) is 6.20 Å². The fraction of sp³-hybridized carbons (Fsp3) is 0.400. The molecule has 0 unspecified atom stereocenters. The van der Waals surface area contributed by atoms with Crippen LogP contribution in [0.2, 0.25) is 10.0 Å². The molecule has 2 aliphatic heterocycles. The van der Waals surface area contributed by atoms with E-state index in [2.05, 4.69) is 14.8 Å². The molecule has 0 bridgehead atoms. The van der Waals surface area contributed by atoms with E-state index in [1.807, 2.05) is 23.2 Å². The molecule has 1 fully saturated rings. The smallest absolute Gasteiger partial charge is 0.243 e. The standard InChI is InChI=1S/C20H21Cl2N5O2/c21-14-2-1-13-16(12-9-24-25-10-12)15-11-26(5-6-27(15)18(13)17(14)22)19(28)20(23)3-7-29-8-4-20/h1-2,9-10H,3-8,11,23H2,(H,24,25). The van der Waals surface area contributed by atoms with Gasteiger partial charge in [0.25, 0.3) is 0 Å².